The fourth-order valence-corrected chi connectivity index (χ4v) is 2.88. The number of aryl methyl sites for hydroxylation is 2. The smallest absolute Gasteiger partial charge is 0.143 e. The summed E-state index contributed by atoms with van der Waals surface area (Å²) in [5.74, 6) is -0.248. The van der Waals surface area contributed by atoms with Crippen LogP contribution in [0.4, 0.5) is 4.39 Å². The van der Waals surface area contributed by atoms with Gasteiger partial charge >= 0.3 is 0 Å². The van der Waals surface area contributed by atoms with Gasteiger partial charge in [-0.15, -0.1) is 0 Å². The van der Waals surface area contributed by atoms with Crippen LogP contribution < -0.4 is 0 Å². The molecule has 0 aliphatic rings. The average Bonchev–Trinajstić information content (AvgIpc) is 2.89. The predicted octanol–water partition coefficient (Wildman–Crippen LogP) is 6.88. The Morgan fingerprint density at radius 2 is 1.83 bits per heavy atom. The molecule has 0 spiro atoms. The lowest BCUT2D eigenvalue weighted by atomic mass is 9.97. The maximum atomic E-state index is 13.9. The Labute approximate surface area is 141 Å². The Bertz CT molecular complexity index is 1020. The molecule has 0 bridgehead atoms. The molecule has 122 valence electrons. The van der Waals surface area contributed by atoms with Crippen molar-refractivity contribution in [1.82, 2.24) is 0 Å². The van der Waals surface area contributed by atoms with Crippen LogP contribution in [0.25, 0.3) is 27.5 Å². The molecule has 0 fully saturated rings. The first-order valence-electron chi connectivity index (χ1n) is 8.04. The number of allylic oxidation sites excluding steroid dienone is 5. The summed E-state index contributed by atoms with van der Waals surface area (Å²) in [6.45, 7) is 12.1. The van der Waals surface area contributed by atoms with E-state index in [-0.39, 0.29) is 5.82 Å². The fraction of sp³-hybridized carbons (Fsp3) is 0.182. The van der Waals surface area contributed by atoms with E-state index >= 15 is 0 Å². The Balaban J connectivity index is 2.26. The Kier molecular flexibility index (Phi) is 4.15. The van der Waals surface area contributed by atoms with Gasteiger partial charge < -0.3 is 4.42 Å². The van der Waals surface area contributed by atoms with Gasteiger partial charge in [0.1, 0.15) is 17.0 Å². The van der Waals surface area contributed by atoms with Gasteiger partial charge in [-0.1, -0.05) is 42.5 Å². The molecule has 0 amide bonds. The highest BCUT2D eigenvalue weighted by Crippen LogP contribution is 2.36. The molecule has 2 aromatic carbocycles. The number of halogens is 1. The Morgan fingerprint density at radius 1 is 1.08 bits per heavy atom. The molecule has 0 unspecified atom stereocenters. The van der Waals surface area contributed by atoms with Gasteiger partial charge in [0.2, 0.25) is 0 Å². The summed E-state index contributed by atoms with van der Waals surface area (Å²) >= 11 is 0. The molecular weight excluding hydrogens is 299 g/mol. The number of fused-ring (bicyclic) bond motifs is 3. The second-order valence-electron chi connectivity index (χ2n) is 6.23. The van der Waals surface area contributed by atoms with Crippen molar-refractivity contribution in [2.75, 3.05) is 0 Å². The van der Waals surface area contributed by atoms with Crippen LogP contribution in [0.15, 0.2) is 59.1 Å². The van der Waals surface area contributed by atoms with Crippen molar-refractivity contribution in [3.05, 3.63) is 77.2 Å². The van der Waals surface area contributed by atoms with Gasteiger partial charge in [-0.2, -0.15) is 0 Å². The highest BCUT2D eigenvalue weighted by molar-refractivity contribution is 6.09. The second kappa shape index (κ2) is 6.12. The summed E-state index contributed by atoms with van der Waals surface area (Å²) in [6.07, 6.45) is 6.08. The van der Waals surface area contributed by atoms with Crippen molar-refractivity contribution in [2.24, 2.45) is 0 Å². The van der Waals surface area contributed by atoms with E-state index in [9.17, 15) is 4.39 Å². The van der Waals surface area contributed by atoms with E-state index in [1.807, 2.05) is 51.1 Å². The summed E-state index contributed by atoms with van der Waals surface area (Å²) in [4.78, 5) is 0. The van der Waals surface area contributed by atoms with Gasteiger partial charge in [0.05, 0.1) is 0 Å². The first-order chi connectivity index (χ1) is 11.4. The molecule has 0 radical (unpaired) electrons. The molecule has 3 rings (SSSR count). The summed E-state index contributed by atoms with van der Waals surface area (Å²) in [5, 5.41) is 1.93. The third-order valence-corrected chi connectivity index (χ3v) is 4.45. The van der Waals surface area contributed by atoms with Crippen molar-refractivity contribution in [2.45, 2.75) is 27.7 Å². The predicted molar refractivity (Wildman–Crippen MR) is 101 cm³/mol. The molecular formula is C22H21FO. The van der Waals surface area contributed by atoms with Crippen LogP contribution in [-0.2, 0) is 0 Å². The normalized spacial score (nSPS) is 12.6. The molecule has 3 aromatic rings. The monoisotopic (exact) mass is 320 g/mol. The van der Waals surface area contributed by atoms with Gasteiger partial charge in [-0.25, -0.2) is 4.39 Å². The van der Waals surface area contributed by atoms with Crippen LogP contribution >= 0.6 is 0 Å². The first-order valence-corrected chi connectivity index (χ1v) is 8.04. The highest BCUT2D eigenvalue weighted by Gasteiger charge is 2.15. The lowest BCUT2D eigenvalue weighted by Gasteiger charge is -2.06. The zero-order valence-corrected chi connectivity index (χ0v) is 14.5. The van der Waals surface area contributed by atoms with Gasteiger partial charge in [0.15, 0.2) is 0 Å². The topological polar surface area (TPSA) is 13.1 Å². The van der Waals surface area contributed by atoms with Crippen molar-refractivity contribution in [3.8, 4) is 0 Å². The minimum atomic E-state index is -0.248. The zero-order valence-electron chi connectivity index (χ0n) is 14.5. The Morgan fingerprint density at radius 3 is 2.54 bits per heavy atom. The van der Waals surface area contributed by atoms with Gasteiger partial charge in [0.25, 0.3) is 0 Å². The second-order valence-corrected chi connectivity index (χ2v) is 6.23. The molecule has 0 N–H and O–H groups in total. The zero-order chi connectivity index (χ0) is 17.4. The van der Waals surface area contributed by atoms with E-state index in [0.717, 1.165) is 33.1 Å². The van der Waals surface area contributed by atoms with Crippen molar-refractivity contribution in [1.29, 1.82) is 0 Å². The van der Waals surface area contributed by atoms with E-state index in [2.05, 4.69) is 12.6 Å². The number of hydrogen-bond donors (Lipinski definition) is 0. The number of rotatable bonds is 3. The first kappa shape index (κ1) is 16.3. The number of hydrogen-bond acceptors (Lipinski definition) is 1. The minimum Gasteiger partial charge on any atom is -0.455 e. The van der Waals surface area contributed by atoms with Crippen molar-refractivity contribution >= 4 is 27.5 Å². The van der Waals surface area contributed by atoms with Gasteiger partial charge in [0, 0.05) is 22.4 Å². The molecule has 0 saturated carbocycles. The summed E-state index contributed by atoms with van der Waals surface area (Å²) in [7, 11) is 0. The molecule has 1 aromatic heterocycles. The molecule has 1 nitrogen and oxygen atoms in total. The quantitative estimate of drug-likeness (QED) is 0.479. The largest absolute Gasteiger partial charge is 0.455 e. The maximum absolute atomic E-state index is 13.9. The van der Waals surface area contributed by atoms with Crippen LogP contribution in [0.3, 0.4) is 0 Å². The van der Waals surface area contributed by atoms with E-state index in [1.54, 1.807) is 6.92 Å². The number of furan rings is 1. The van der Waals surface area contributed by atoms with Gasteiger partial charge in [-0.05, 0) is 50.5 Å². The number of benzene rings is 2. The van der Waals surface area contributed by atoms with Crippen molar-refractivity contribution in [3.63, 3.8) is 0 Å². The van der Waals surface area contributed by atoms with E-state index in [0.29, 0.717) is 11.1 Å². The van der Waals surface area contributed by atoms with Crippen LogP contribution in [0, 0.1) is 19.7 Å². The lowest BCUT2D eigenvalue weighted by Crippen LogP contribution is -1.87. The molecule has 1 heterocycles. The fourth-order valence-electron chi connectivity index (χ4n) is 2.88. The lowest BCUT2D eigenvalue weighted by molar-refractivity contribution is 0.610. The van der Waals surface area contributed by atoms with Crippen LogP contribution in [-0.4, -0.2) is 0 Å². The third kappa shape index (κ3) is 2.69. The van der Waals surface area contributed by atoms with E-state index in [1.165, 1.54) is 11.6 Å². The average molecular weight is 320 g/mol. The Hall–Kier alpha value is -2.61. The SMILES string of the molecule is C=C(/C=C\C(C)=C/C)c1c(C)ccc2c1oc1cc(F)c(C)cc12. The summed E-state index contributed by atoms with van der Waals surface area (Å²) < 4.78 is 19.9. The van der Waals surface area contributed by atoms with E-state index < -0.39 is 0 Å². The summed E-state index contributed by atoms with van der Waals surface area (Å²) in [6, 6.07) is 7.41. The minimum absolute atomic E-state index is 0.248. The van der Waals surface area contributed by atoms with Crippen LogP contribution in [0.2, 0.25) is 0 Å². The van der Waals surface area contributed by atoms with Gasteiger partial charge in [-0.3, -0.25) is 0 Å². The van der Waals surface area contributed by atoms with Crippen molar-refractivity contribution < 1.29 is 8.81 Å². The standard InChI is InChI=1S/C22H21FO/c1-6-13(2)7-8-14(3)21-15(4)9-10-17-18-11-16(5)19(23)12-20(18)24-22(17)21/h6-12H,3H2,1-2,4-5H3/b8-7-,13-6-. The molecule has 0 aliphatic carbocycles. The van der Waals surface area contributed by atoms with Crippen LogP contribution in [0.1, 0.15) is 30.5 Å². The molecule has 0 saturated heterocycles. The summed E-state index contributed by atoms with van der Waals surface area (Å²) in [5.41, 5.74) is 6.08. The maximum Gasteiger partial charge on any atom is 0.143 e. The highest BCUT2D eigenvalue weighted by atomic mass is 19.1. The van der Waals surface area contributed by atoms with Crippen LogP contribution in [0.5, 0.6) is 0 Å². The van der Waals surface area contributed by atoms with E-state index in [4.69, 9.17) is 4.42 Å². The molecule has 24 heavy (non-hydrogen) atoms. The molecule has 0 atom stereocenters. The third-order valence-electron chi connectivity index (χ3n) is 4.45. The molecule has 0 aliphatic heterocycles. The molecule has 2 heteroatoms.